The van der Waals surface area contributed by atoms with Crippen LogP contribution in [0, 0.1) is 0 Å². The van der Waals surface area contributed by atoms with Gasteiger partial charge < -0.3 is 24.4 Å². The van der Waals surface area contributed by atoms with Gasteiger partial charge >= 0.3 is 5.97 Å². The Hall–Kier alpha value is -2.61. The van der Waals surface area contributed by atoms with Gasteiger partial charge in [0.05, 0.1) is 12.6 Å². The normalized spacial score (nSPS) is 17.0. The second-order valence-electron chi connectivity index (χ2n) is 5.03. The Morgan fingerprint density at radius 2 is 2.22 bits per heavy atom. The van der Waals surface area contributed by atoms with E-state index in [4.69, 9.17) is 9.84 Å². The predicted molar refractivity (Wildman–Crippen MR) is 81.0 cm³/mol. The van der Waals surface area contributed by atoms with Crippen LogP contribution in [-0.2, 0) is 4.74 Å². The standard InChI is InChI=1S/C15H18N2O6/c1-3-9-7-16(5-6-23-4-2)14(20)11-13(19)12(18)10(15(21)22)8-17(9)11/h3,8-9,19H,1,4-7H2,2H3,(H,21,22)/t9-/m0/s1. The van der Waals surface area contributed by atoms with Crippen LogP contribution in [0.4, 0.5) is 0 Å². The number of ether oxygens (including phenoxy) is 1. The lowest BCUT2D eigenvalue weighted by Crippen LogP contribution is -2.45. The molecule has 1 atom stereocenters. The Labute approximate surface area is 132 Å². The molecule has 1 aliphatic heterocycles. The largest absolute Gasteiger partial charge is 0.503 e. The highest BCUT2D eigenvalue weighted by Gasteiger charge is 2.34. The van der Waals surface area contributed by atoms with E-state index in [1.807, 2.05) is 6.92 Å². The number of fused-ring (bicyclic) bond motifs is 1. The molecule has 0 fully saturated rings. The van der Waals surface area contributed by atoms with Crippen molar-refractivity contribution in [1.29, 1.82) is 0 Å². The molecule has 8 heteroatoms. The molecule has 0 saturated heterocycles. The molecule has 0 aromatic carbocycles. The lowest BCUT2D eigenvalue weighted by molar-refractivity contribution is 0.0572. The zero-order valence-corrected chi connectivity index (χ0v) is 12.7. The first-order valence-corrected chi connectivity index (χ1v) is 7.13. The molecule has 0 aliphatic carbocycles. The van der Waals surface area contributed by atoms with Gasteiger partial charge in [-0.3, -0.25) is 9.59 Å². The molecule has 2 heterocycles. The van der Waals surface area contributed by atoms with Crippen LogP contribution >= 0.6 is 0 Å². The molecule has 0 spiro atoms. The Kier molecular flexibility index (Phi) is 4.85. The lowest BCUT2D eigenvalue weighted by atomic mass is 10.1. The molecular formula is C15H18N2O6. The van der Waals surface area contributed by atoms with Crippen molar-refractivity contribution >= 4 is 11.9 Å². The van der Waals surface area contributed by atoms with Crippen molar-refractivity contribution in [2.45, 2.75) is 13.0 Å². The molecule has 8 nitrogen and oxygen atoms in total. The summed E-state index contributed by atoms with van der Waals surface area (Å²) in [5, 5.41) is 19.1. The van der Waals surface area contributed by atoms with Gasteiger partial charge in [0.15, 0.2) is 11.4 Å². The monoisotopic (exact) mass is 322 g/mol. The summed E-state index contributed by atoms with van der Waals surface area (Å²) in [5.41, 5.74) is -1.90. The van der Waals surface area contributed by atoms with Gasteiger partial charge in [0.2, 0.25) is 5.43 Å². The highest BCUT2D eigenvalue weighted by Crippen LogP contribution is 2.26. The number of aromatic hydroxyl groups is 1. The van der Waals surface area contributed by atoms with Crippen LogP contribution in [0.5, 0.6) is 5.75 Å². The molecule has 1 aliphatic rings. The van der Waals surface area contributed by atoms with Crippen molar-refractivity contribution in [2.24, 2.45) is 0 Å². The van der Waals surface area contributed by atoms with Gasteiger partial charge in [-0.05, 0) is 6.92 Å². The molecule has 0 radical (unpaired) electrons. The molecule has 1 aromatic rings. The van der Waals surface area contributed by atoms with Crippen LogP contribution < -0.4 is 5.43 Å². The molecule has 2 rings (SSSR count). The van der Waals surface area contributed by atoms with Crippen molar-refractivity contribution < 1.29 is 24.5 Å². The van der Waals surface area contributed by atoms with E-state index >= 15 is 0 Å². The first kappa shape index (κ1) is 16.8. The summed E-state index contributed by atoms with van der Waals surface area (Å²) in [7, 11) is 0. The van der Waals surface area contributed by atoms with Crippen molar-refractivity contribution in [3.8, 4) is 5.75 Å². The maximum absolute atomic E-state index is 12.5. The SMILES string of the molecule is C=C[C@H]1CN(CCOCC)C(=O)c2c(O)c(=O)c(C(=O)O)cn21. The van der Waals surface area contributed by atoms with E-state index < -0.39 is 34.7 Å². The smallest absolute Gasteiger partial charge is 0.341 e. The highest BCUT2D eigenvalue weighted by atomic mass is 16.5. The van der Waals surface area contributed by atoms with E-state index in [-0.39, 0.29) is 12.2 Å². The second-order valence-corrected chi connectivity index (χ2v) is 5.03. The van der Waals surface area contributed by atoms with Gasteiger partial charge in [-0.1, -0.05) is 6.08 Å². The number of carbonyl (C=O) groups excluding carboxylic acids is 1. The average Bonchev–Trinajstić information content (AvgIpc) is 2.52. The third-order valence-corrected chi connectivity index (χ3v) is 3.68. The fraction of sp³-hybridized carbons (Fsp3) is 0.400. The molecule has 0 bridgehead atoms. The minimum Gasteiger partial charge on any atom is -0.503 e. The fourth-order valence-electron chi connectivity index (χ4n) is 2.49. The van der Waals surface area contributed by atoms with Crippen LogP contribution in [-0.4, -0.2) is 57.9 Å². The molecule has 2 N–H and O–H groups in total. The number of hydrogen-bond acceptors (Lipinski definition) is 5. The number of aromatic carboxylic acids is 1. The molecule has 23 heavy (non-hydrogen) atoms. The number of carboxylic acid groups (broad SMARTS) is 1. The topological polar surface area (TPSA) is 109 Å². The lowest BCUT2D eigenvalue weighted by Gasteiger charge is -2.35. The molecule has 0 saturated carbocycles. The van der Waals surface area contributed by atoms with E-state index in [0.29, 0.717) is 19.8 Å². The van der Waals surface area contributed by atoms with Gasteiger partial charge in [-0.2, -0.15) is 0 Å². The third-order valence-electron chi connectivity index (χ3n) is 3.68. The number of nitrogens with zero attached hydrogens (tertiary/aromatic N) is 2. The third kappa shape index (κ3) is 2.98. The molecule has 1 amide bonds. The summed E-state index contributed by atoms with van der Waals surface area (Å²) < 4.78 is 6.50. The second kappa shape index (κ2) is 6.66. The van der Waals surface area contributed by atoms with Crippen molar-refractivity contribution in [1.82, 2.24) is 9.47 Å². The summed E-state index contributed by atoms with van der Waals surface area (Å²) >= 11 is 0. The number of hydrogen-bond donors (Lipinski definition) is 2. The minimum absolute atomic E-state index is 0.229. The number of aromatic nitrogens is 1. The number of amides is 1. The average molecular weight is 322 g/mol. The van der Waals surface area contributed by atoms with Crippen LogP contribution in [0.1, 0.15) is 33.8 Å². The van der Waals surface area contributed by atoms with Crippen molar-refractivity contribution in [3.05, 3.63) is 40.3 Å². The molecule has 1 aromatic heterocycles. The van der Waals surface area contributed by atoms with Crippen LogP contribution in [0.25, 0.3) is 0 Å². The zero-order chi connectivity index (χ0) is 17.1. The Morgan fingerprint density at radius 3 is 2.78 bits per heavy atom. The number of rotatable bonds is 6. The number of carbonyl (C=O) groups is 2. The van der Waals surface area contributed by atoms with Gasteiger partial charge in [0.1, 0.15) is 5.56 Å². The Bertz CT molecular complexity index is 709. The molecule has 124 valence electrons. The summed E-state index contributed by atoms with van der Waals surface area (Å²) in [6.45, 7) is 6.89. The first-order chi connectivity index (χ1) is 10.9. The van der Waals surface area contributed by atoms with E-state index in [1.165, 1.54) is 15.5 Å². The summed E-state index contributed by atoms with van der Waals surface area (Å²) in [6.07, 6.45) is 2.60. The maximum Gasteiger partial charge on any atom is 0.341 e. The maximum atomic E-state index is 12.5. The summed E-state index contributed by atoms with van der Waals surface area (Å²) in [4.78, 5) is 37.0. The van der Waals surface area contributed by atoms with E-state index in [1.54, 1.807) is 0 Å². The Morgan fingerprint density at radius 1 is 1.52 bits per heavy atom. The van der Waals surface area contributed by atoms with Crippen molar-refractivity contribution in [2.75, 3.05) is 26.3 Å². The summed E-state index contributed by atoms with van der Waals surface area (Å²) in [5.74, 6) is -2.87. The number of pyridine rings is 1. The van der Waals surface area contributed by atoms with E-state index in [2.05, 4.69) is 6.58 Å². The van der Waals surface area contributed by atoms with E-state index in [0.717, 1.165) is 6.20 Å². The summed E-state index contributed by atoms with van der Waals surface area (Å²) in [6, 6.07) is -0.450. The minimum atomic E-state index is -1.46. The van der Waals surface area contributed by atoms with Gasteiger partial charge in [0, 0.05) is 25.9 Å². The van der Waals surface area contributed by atoms with Crippen LogP contribution in [0.2, 0.25) is 0 Å². The molecular weight excluding hydrogens is 304 g/mol. The van der Waals surface area contributed by atoms with E-state index in [9.17, 15) is 19.5 Å². The van der Waals surface area contributed by atoms with Crippen LogP contribution in [0.3, 0.4) is 0 Å². The van der Waals surface area contributed by atoms with Crippen molar-refractivity contribution in [3.63, 3.8) is 0 Å². The highest BCUT2D eigenvalue weighted by molar-refractivity contribution is 5.97. The predicted octanol–water partition coefficient (Wildman–Crippen LogP) is 0.472. The van der Waals surface area contributed by atoms with Gasteiger partial charge in [-0.25, -0.2) is 4.79 Å². The van der Waals surface area contributed by atoms with Gasteiger partial charge in [-0.15, -0.1) is 6.58 Å². The van der Waals surface area contributed by atoms with Gasteiger partial charge in [0.25, 0.3) is 5.91 Å². The quantitative estimate of drug-likeness (QED) is 0.582. The Balaban J connectivity index is 2.51. The number of carboxylic acids is 1. The first-order valence-electron chi connectivity index (χ1n) is 7.13. The fourth-order valence-corrected chi connectivity index (χ4v) is 2.49. The zero-order valence-electron chi connectivity index (χ0n) is 12.7. The van der Waals surface area contributed by atoms with Crippen LogP contribution in [0.15, 0.2) is 23.6 Å². The molecule has 0 unspecified atom stereocenters.